The molecule has 0 fully saturated rings. The van der Waals surface area contributed by atoms with Gasteiger partial charge in [-0.2, -0.15) is 0 Å². The van der Waals surface area contributed by atoms with Crippen LogP contribution in [0.3, 0.4) is 0 Å². The van der Waals surface area contributed by atoms with E-state index < -0.39 is 23.5 Å². The zero-order valence-electron chi connectivity index (χ0n) is 19.0. The molecule has 4 rings (SSSR count). The van der Waals surface area contributed by atoms with E-state index in [4.69, 9.17) is 9.84 Å². The van der Waals surface area contributed by atoms with E-state index in [2.05, 4.69) is 27.8 Å². The minimum absolute atomic E-state index is 0.0229. The Morgan fingerprint density at radius 2 is 1.65 bits per heavy atom. The molecule has 0 saturated heterocycles. The highest BCUT2D eigenvalue weighted by molar-refractivity contribution is 7.11. The summed E-state index contributed by atoms with van der Waals surface area (Å²) in [5.41, 5.74) is 3.21. The monoisotopic (exact) mass is 479 g/mol. The summed E-state index contributed by atoms with van der Waals surface area (Å²) in [7, 11) is 0. The Balaban J connectivity index is 1.35. The van der Waals surface area contributed by atoms with E-state index in [1.165, 1.54) is 11.3 Å². The van der Waals surface area contributed by atoms with Crippen molar-refractivity contribution in [2.45, 2.75) is 38.8 Å². The highest BCUT2D eigenvalue weighted by Crippen LogP contribution is 2.44. The van der Waals surface area contributed by atoms with Crippen LogP contribution in [0.25, 0.3) is 11.1 Å². The third kappa shape index (κ3) is 4.65. The van der Waals surface area contributed by atoms with Crippen molar-refractivity contribution in [1.29, 1.82) is 0 Å². The van der Waals surface area contributed by atoms with Crippen LogP contribution in [-0.2, 0) is 16.1 Å². The molecule has 9 heteroatoms. The van der Waals surface area contributed by atoms with Crippen molar-refractivity contribution in [3.63, 3.8) is 0 Å². The van der Waals surface area contributed by atoms with Crippen molar-refractivity contribution in [1.82, 2.24) is 15.6 Å². The van der Waals surface area contributed by atoms with E-state index in [0.29, 0.717) is 9.88 Å². The number of hydrogen-bond acceptors (Lipinski definition) is 6. The predicted molar refractivity (Wildman–Crippen MR) is 128 cm³/mol. The van der Waals surface area contributed by atoms with Crippen LogP contribution in [0, 0.1) is 6.92 Å². The number of aromatic carboxylic acids is 1. The zero-order valence-corrected chi connectivity index (χ0v) is 19.9. The normalized spacial score (nSPS) is 12.6. The van der Waals surface area contributed by atoms with Gasteiger partial charge in [0.2, 0.25) is 5.91 Å². The number of carboxylic acids is 1. The molecule has 0 atom stereocenters. The van der Waals surface area contributed by atoms with Crippen molar-refractivity contribution in [2.24, 2.45) is 0 Å². The quantitative estimate of drug-likeness (QED) is 0.470. The molecule has 0 aliphatic heterocycles. The Hall–Kier alpha value is -3.72. The number of hydrogen-bond donors (Lipinski definition) is 3. The maximum atomic E-state index is 12.7. The van der Waals surface area contributed by atoms with Crippen molar-refractivity contribution >= 4 is 29.3 Å². The van der Waals surface area contributed by atoms with Crippen LogP contribution < -0.4 is 10.6 Å². The second kappa shape index (κ2) is 9.26. The number of benzene rings is 2. The number of thiazole rings is 1. The fraction of sp³-hybridized carbons (Fsp3) is 0.280. The molecule has 3 aromatic rings. The summed E-state index contributed by atoms with van der Waals surface area (Å²) in [5, 5.41) is 14.9. The zero-order chi connectivity index (χ0) is 24.5. The fourth-order valence-corrected chi connectivity index (χ4v) is 4.91. The van der Waals surface area contributed by atoms with Gasteiger partial charge in [0, 0.05) is 10.8 Å². The Bertz CT molecular complexity index is 1220. The Kier molecular flexibility index (Phi) is 6.39. The average molecular weight is 480 g/mol. The number of carbonyl (C=O) groups is 3. The summed E-state index contributed by atoms with van der Waals surface area (Å²) in [4.78, 5) is 41.0. The third-order valence-corrected chi connectivity index (χ3v) is 6.74. The van der Waals surface area contributed by atoms with Gasteiger partial charge in [0.15, 0.2) is 5.69 Å². The smallest absolute Gasteiger partial charge is 0.408 e. The molecule has 0 bridgehead atoms. The Morgan fingerprint density at radius 1 is 1.06 bits per heavy atom. The first-order valence-corrected chi connectivity index (χ1v) is 11.6. The number of aromatic nitrogens is 1. The number of rotatable bonds is 7. The van der Waals surface area contributed by atoms with Crippen LogP contribution >= 0.6 is 11.3 Å². The topological polar surface area (TPSA) is 118 Å². The SMILES string of the molecule is Cc1sc(CNC(=O)C(C)(C)NC(=O)OCC2c3ccccc3-c3ccccc32)nc1C(=O)O. The van der Waals surface area contributed by atoms with Gasteiger partial charge >= 0.3 is 12.1 Å². The lowest BCUT2D eigenvalue weighted by atomic mass is 9.98. The largest absolute Gasteiger partial charge is 0.476 e. The predicted octanol–water partition coefficient (Wildman–Crippen LogP) is 4.08. The minimum atomic E-state index is -1.25. The average Bonchev–Trinajstić information content (AvgIpc) is 3.33. The first-order chi connectivity index (χ1) is 16.2. The third-order valence-electron chi connectivity index (χ3n) is 5.77. The van der Waals surface area contributed by atoms with Gasteiger partial charge < -0.3 is 20.5 Å². The van der Waals surface area contributed by atoms with E-state index in [1.807, 2.05) is 36.4 Å². The van der Waals surface area contributed by atoms with E-state index in [-0.39, 0.29) is 24.8 Å². The summed E-state index contributed by atoms with van der Waals surface area (Å²) < 4.78 is 5.53. The molecule has 176 valence electrons. The Labute approximate surface area is 201 Å². The number of alkyl carbamates (subject to hydrolysis) is 1. The standard InChI is InChI=1S/C25H25N3O5S/c1-14-21(22(29)30)27-20(34-14)12-26-23(31)25(2,3)28-24(32)33-13-19-17-10-6-4-8-15(17)16-9-5-7-11-18(16)19/h4-11,19H,12-13H2,1-3H3,(H,26,31)(H,28,32)(H,29,30). The summed E-state index contributed by atoms with van der Waals surface area (Å²) in [6.07, 6.45) is -0.694. The van der Waals surface area contributed by atoms with Crippen LogP contribution in [0.1, 0.15) is 51.3 Å². The van der Waals surface area contributed by atoms with Gasteiger partial charge in [0.1, 0.15) is 17.2 Å². The minimum Gasteiger partial charge on any atom is -0.476 e. The van der Waals surface area contributed by atoms with E-state index in [1.54, 1.807) is 20.8 Å². The molecule has 8 nitrogen and oxygen atoms in total. The fourth-order valence-electron chi connectivity index (χ4n) is 4.05. The van der Waals surface area contributed by atoms with Crippen molar-refractivity contribution in [2.75, 3.05) is 6.61 Å². The molecule has 3 N–H and O–H groups in total. The lowest BCUT2D eigenvalue weighted by molar-refractivity contribution is -0.126. The first kappa shape index (κ1) is 23.4. The first-order valence-electron chi connectivity index (χ1n) is 10.8. The number of fused-ring (bicyclic) bond motifs is 3. The maximum absolute atomic E-state index is 12.7. The second-order valence-electron chi connectivity index (χ2n) is 8.58. The molecule has 1 aliphatic rings. The maximum Gasteiger partial charge on any atom is 0.408 e. The molecule has 1 aliphatic carbocycles. The van der Waals surface area contributed by atoms with Crippen LogP contribution in [0.15, 0.2) is 48.5 Å². The van der Waals surface area contributed by atoms with Crippen LogP contribution in [0.5, 0.6) is 0 Å². The lowest BCUT2D eigenvalue weighted by Gasteiger charge is -2.25. The van der Waals surface area contributed by atoms with Gasteiger partial charge in [0.05, 0.1) is 6.54 Å². The van der Waals surface area contributed by atoms with Gasteiger partial charge in [-0.25, -0.2) is 14.6 Å². The molecule has 1 heterocycles. The lowest BCUT2D eigenvalue weighted by Crippen LogP contribution is -2.54. The van der Waals surface area contributed by atoms with Crippen molar-refractivity contribution in [3.05, 3.63) is 75.2 Å². The number of carbonyl (C=O) groups excluding carboxylic acids is 2. The molecule has 0 spiro atoms. The molecule has 0 radical (unpaired) electrons. The molecule has 1 aromatic heterocycles. The molecular weight excluding hydrogens is 454 g/mol. The van der Waals surface area contributed by atoms with Gasteiger partial charge in [0.25, 0.3) is 0 Å². The van der Waals surface area contributed by atoms with Gasteiger partial charge in [-0.3, -0.25) is 4.79 Å². The van der Waals surface area contributed by atoms with E-state index in [9.17, 15) is 14.4 Å². The van der Waals surface area contributed by atoms with Gasteiger partial charge in [-0.15, -0.1) is 11.3 Å². The summed E-state index contributed by atoms with van der Waals surface area (Å²) in [6.45, 7) is 5.01. The van der Waals surface area contributed by atoms with E-state index in [0.717, 1.165) is 22.3 Å². The number of aryl methyl sites for hydroxylation is 1. The molecule has 2 amide bonds. The Morgan fingerprint density at radius 3 is 2.21 bits per heavy atom. The summed E-state index contributed by atoms with van der Waals surface area (Å²) >= 11 is 1.20. The van der Waals surface area contributed by atoms with Gasteiger partial charge in [-0.1, -0.05) is 48.5 Å². The molecule has 34 heavy (non-hydrogen) atoms. The summed E-state index contributed by atoms with van der Waals surface area (Å²) in [6, 6.07) is 16.1. The van der Waals surface area contributed by atoms with Crippen LogP contribution in [-0.4, -0.2) is 40.2 Å². The van der Waals surface area contributed by atoms with Crippen LogP contribution in [0.4, 0.5) is 4.79 Å². The van der Waals surface area contributed by atoms with Crippen LogP contribution in [0.2, 0.25) is 0 Å². The number of nitrogens with zero attached hydrogens (tertiary/aromatic N) is 1. The number of ether oxygens (including phenoxy) is 1. The van der Waals surface area contributed by atoms with Crippen molar-refractivity contribution < 1.29 is 24.2 Å². The number of amides is 2. The molecule has 0 saturated carbocycles. The summed E-state index contributed by atoms with van der Waals surface area (Å²) in [5.74, 6) is -1.62. The van der Waals surface area contributed by atoms with Crippen molar-refractivity contribution in [3.8, 4) is 11.1 Å². The highest BCUT2D eigenvalue weighted by atomic mass is 32.1. The highest BCUT2D eigenvalue weighted by Gasteiger charge is 2.32. The second-order valence-corrected chi connectivity index (χ2v) is 9.86. The number of nitrogens with one attached hydrogen (secondary N) is 2. The molecule has 0 unspecified atom stereocenters. The number of carboxylic acid groups (broad SMARTS) is 1. The van der Waals surface area contributed by atoms with E-state index >= 15 is 0 Å². The van der Waals surface area contributed by atoms with Gasteiger partial charge in [-0.05, 0) is 43.0 Å². The molecular formula is C25H25N3O5S. The molecule has 2 aromatic carbocycles.